The van der Waals surface area contributed by atoms with E-state index in [1.807, 2.05) is 51.2 Å². The molecule has 3 amide bonds. The smallest absolute Gasteiger partial charge is 0.276 e. The van der Waals surface area contributed by atoms with Crippen LogP contribution in [0.1, 0.15) is 68.1 Å². The lowest BCUT2D eigenvalue weighted by atomic mass is 9.83. The van der Waals surface area contributed by atoms with Gasteiger partial charge in [0.05, 0.1) is 5.92 Å². The summed E-state index contributed by atoms with van der Waals surface area (Å²) in [6.45, 7) is 3.98. The Bertz CT molecular complexity index is 1020. The Kier molecular flexibility index (Phi) is 9.31. The third-order valence-electron chi connectivity index (χ3n) is 6.23. The molecule has 0 aliphatic heterocycles. The van der Waals surface area contributed by atoms with Crippen molar-refractivity contribution < 1.29 is 18.8 Å². The van der Waals surface area contributed by atoms with Crippen molar-refractivity contribution in [1.82, 2.24) is 20.8 Å². The molecule has 1 aromatic carbocycles. The van der Waals surface area contributed by atoms with E-state index in [0.29, 0.717) is 30.0 Å². The maximum Gasteiger partial charge on any atom is 0.276 e. The van der Waals surface area contributed by atoms with E-state index in [1.54, 1.807) is 12.1 Å². The molecule has 10 heteroatoms. The number of amides is 3. The van der Waals surface area contributed by atoms with Crippen molar-refractivity contribution in [2.24, 2.45) is 11.8 Å². The second-order valence-electron chi connectivity index (χ2n) is 9.56. The summed E-state index contributed by atoms with van der Waals surface area (Å²) in [5, 5.41) is 13.9. The molecular formula is C25H35N5O4S. The van der Waals surface area contributed by atoms with Crippen LogP contribution in [-0.2, 0) is 9.59 Å². The normalized spacial score (nSPS) is 18.7. The summed E-state index contributed by atoms with van der Waals surface area (Å²) in [5.41, 5.74) is 1.53. The van der Waals surface area contributed by atoms with Crippen molar-refractivity contribution in [3.8, 4) is 0 Å². The third kappa shape index (κ3) is 7.06. The number of benzene rings is 1. The number of hydrogen-bond acceptors (Lipinski definition) is 8. The maximum absolute atomic E-state index is 13.2. The van der Waals surface area contributed by atoms with Crippen molar-refractivity contribution >= 4 is 35.2 Å². The van der Waals surface area contributed by atoms with E-state index in [2.05, 4.69) is 20.8 Å². The van der Waals surface area contributed by atoms with Crippen LogP contribution in [0.3, 0.4) is 0 Å². The minimum Gasteiger partial charge on any atom is -0.415 e. The summed E-state index contributed by atoms with van der Waals surface area (Å²) < 4.78 is 5.60. The zero-order valence-electron chi connectivity index (χ0n) is 21.0. The van der Waals surface area contributed by atoms with E-state index in [0.717, 1.165) is 18.5 Å². The first-order valence-electron chi connectivity index (χ1n) is 12.0. The molecule has 0 spiro atoms. The Labute approximate surface area is 210 Å². The van der Waals surface area contributed by atoms with Crippen LogP contribution in [0.5, 0.6) is 0 Å². The first-order chi connectivity index (χ1) is 16.7. The molecule has 3 atom stereocenters. The Hall–Kier alpha value is -2.88. The highest BCUT2D eigenvalue weighted by Crippen LogP contribution is 2.28. The Morgan fingerprint density at radius 2 is 1.80 bits per heavy atom. The van der Waals surface area contributed by atoms with Crippen LogP contribution in [0, 0.1) is 11.8 Å². The SMILES string of the molecule is CSc1nnc([C@H](CC(C)C)C(=O)NC(=O)[C@@H]2CCCC[C@@H]2NC(=O)c2ccc(N(C)C)cc2)o1. The second-order valence-corrected chi connectivity index (χ2v) is 10.3. The average Bonchev–Trinajstić information content (AvgIpc) is 3.31. The molecule has 1 aliphatic rings. The van der Waals surface area contributed by atoms with Gasteiger partial charge in [0.2, 0.25) is 17.7 Å². The molecule has 0 saturated heterocycles. The van der Waals surface area contributed by atoms with Gasteiger partial charge in [-0.1, -0.05) is 38.5 Å². The van der Waals surface area contributed by atoms with Crippen LogP contribution in [0.2, 0.25) is 0 Å². The minimum absolute atomic E-state index is 0.186. The second kappa shape index (κ2) is 12.2. The molecule has 0 unspecified atom stereocenters. The Balaban J connectivity index is 1.68. The lowest BCUT2D eigenvalue weighted by Gasteiger charge is -2.31. The molecule has 2 aromatic rings. The molecule has 1 heterocycles. The summed E-state index contributed by atoms with van der Waals surface area (Å²) in [5.74, 6) is -1.84. The number of carbonyl (C=O) groups is 3. The van der Waals surface area contributed by atoms with Crippen molar-refractivity contribution in [1.29, 1.82) is 0 Å². The molecule has 35 heavy (non-hydrogen) atoms. The van der Waals surface area contributed by atoms with E-state index in [9.17, 15) is 14.4 Å². The summed E-state index contributed by atoms with van der Waals surface area (Å²) in [6, 6.07) is 6.97. The monoisotopic (exact) mass is 501 g/mol. The van der Waals surface area contributed by atoms with Crippen molar-refractivity contribution in [3.63, 3.8) is 0 Å². The Morgan fingerprint density at radius 3 is 2.40 bits per heavy atom. The largest absolute Gasteiger partial charge is 0.415 e. The fourth-order valence-electron chi connectivity index (χ4n) is 4.32. The van der Waals surface area contributed by atoms with Gasteiger partial charge in [0.1, 0.15) is 5.92 Å². The van der Waals surface area contributed by atoms with Crippen LogP contribution in [0.25, 0.3) is 0 Å². The lowest BCUT2D eigenvalue weighted by molar-refractivity contribution is -0.135. The van der Waals surface area contributed by atoms with Crippen molar-refractivity contribution in [2.75, 3.05) is 25.3 Å². The van der Waals surface area contributed by atoms with E-state index in [1.165, 1.54) is 11.8 Å². The number of anilines is 1. The minimum atomic E-state index is -0.709. The number of imide groups is 1. The van der Waals surface area contributed by atoms with E-state index in [-0.39, 0.29) is 29.7 Å². The van der Waals surface area contributed by atoms with Crippen LogP contribution in [-0.4, -0.2) is 54.3 Å². The summed E-state index contributed by atoms with van der Waals surface area (Å²) in [6.07, 6.45) is 5.36. The quantitative estimate of drug-likeness (QED) is 0.501. The number of rotatable bonds is 9. The van der Waals surface area contributed by atoms with Gasteiger partial charge in [-0.25, -0.2) is 0 Å². The number of hydrogen-bond donors (Lipinski definition) is 2. The molecule has 1 aromatic heterocycles. The fourth-order valence-corrected chi connectivity index (χ4v) is 4.61. The number of thioether (sulfide) groups is 1. The standard InChI is InChI=1S/C25H35N5O4S/c1-15(2)14-19(24-28-29-25(34-24)35-5)23(33)27-22(32)18-8-6-7-9-20(18)26-21(31)16-10-12-17(13-11-16)30(3)4/h10-13,15,18-20H,6-9,14H2,1-5H3,(H,26,31)(H,27,32,33)/t18-,19-,20+/m1/s1. The molecule has 1 aliphatic carbocycles. The molecule has 1 fully saturated rings. The number of nitrogens with zero attached hydrogens (tertiary/aromatic N) is 3. The van der Waals surface area contributed by atoms with Gasteiger partial charge in [-0.05, 0) is 55.7 Å². The molecule has 0 bridgehead atoms. The van der Waals surface area contributed by atoms with Crippen molar-refractivity contribution in [2.45, 2.75) is 63.1 Å². The van der Waals surface area contributed by atoms with Gasteiger partial charge in [-0.2, -0.15) is 0 Å². The number of aromatic nitrogens is 2. The molecule has 190 valence electrons. The van der Waals surface area contributed by atoms with Gasteiger partial charge in [0.15, 0.2) is 0 Å². The third-order valence-corrected chi connectivity index (χ3v) is 6.74. The molecular weight excluding hydrogens is 466 g/mol. The topological polar surface area (TPSA) is 117 Å². The zero-order chi connectivity index (χ0) is 25.5. The van der Waals surface area contributed by atoms with E-state index >= 15 is 0 Å². The predicted molar refractivity (Wildman–Crippen MR) is 135 cm³/mol. The van der Waals surface area contributed by atoms with Crippen LogP contribution >= 0.6 is 11.8 Å². The number of carbonyl (C=O) groups excluding carboxylic acids is 3. The summed E-state index contributed by atoms with van der Waals surface area (Å²) in [4.78, 5) is 41.1. The highest BCUT2D eigenvalue weighted by Gasteiger charge is 2.35. The van der Waals surface area contributed by atoms with E-state index < -0.39 is 17.7 Å². The van der Waals surface area contributed by atoms with Crippen LogP contribution in [0.15, 0.2) is 33.9 Å². The van der Waals surface area contributed by atoms with Gasteiger partial charge in [0, 0.05) is 31.4 Å². The van der Waals surface area contributed by atoms with Gasteiger partial charge in [-0.15, -0.1) is 10.2 Å². The highest BCUT2D eigenvalue weighted by atomic mass is 32.2. The first-order valence-corrected chi connectivity index (χ1v) is 13.2. The molecule has 9 nitrogen and oxygen atoms in total. The first kappa shape index (κ1) is 26.7. The fraction of sp³-hybridized carbons (Fsp3) is 0.560. The summed E-state index contributed by atoms with van der Waals surface area (Å²) in [7, 11) is 3.88. The molecule has 3 rings (SSSR count). The average molecular weight is 502 g/mol. The predicted octanol–water partition coefficient (Wildman–Crippen LogP) is 3.62. The van der Waals surface area contributed by atoms with Gasteiger partial charge < -0.3 is 14.6 Å². The highest BCUT2D eigenvalue weighted by molar-refractivity contribution is 7.98. The van der Waals surface area contributed by atoms with Crippen molar-refractivity contribution in [3.05, 3.63) is 35.7 Å². The molecule has 0 radical (unpaired) electrons. The summed E-state index contributed by atoms with van der Waals surface area (Å²) >= 11 is 1.30. The Morgan fingerprint density at radius 1 is 1.11 bits per heavy atom. The van der Waals surface area contributed by atoms with Gasteiger partial charge in [-0.3, -0.25) is 19.7 Å². The lowest BCUT2D eigenvalue weighted by Crippen LogP contribution is -2.50. The van der Waals surface area contributed by atoms with E-state index in [4.69, 9.17) is 4.42 Å². The molecule has 2 N–H and O–H groups in total. The zero-order valence-corrected chi connectivity index (χ0v) is 21.9. The van der Waals surface area contributed by atoms with Crippen LogP contribution < -0.4 is 15.5 Å². The maximum atomic E-state index is 13.2. The van der Waals surface area contributed by atoms with Gasteiger partial charge >= 0.3 is 0 Å². The van der Waals surface area contributed by atoms with Gasteiger partial charge in [0.25, 0.3) is 11.1 Å². The van der Waals surface area contributed by atoms with Crippen LogP contribution in [0.4, 0.5) is 5.69 Å². The molecule has 1 saturated carbocycles. The number of nitrogens with one attached hydrogen (secondary N) is 2.